The lowest BCUT2D eigenvalue weighted by Gasteiger charge is -2.17. The van der Waals surface area contributed by atoms with Gasteiger partial charge in [-0.1, -0.05) is 23.4 Å². The van der Waals surface area contributed by atoms with Gasteiger partial charge in [0.2, 0.25) is 0 Å². The highest BCUT2D eigenvalue weighted by Crippen LogP contribution is 2.34. The van der Waals surface area contributed by atoms with E-state index in [1.165, 1.54) is 42.1 Å². The zero-order valence-electron chi connectivity index (χ0n) is 22.3. The number of aryl methyl sites for hydroxylation is 1. The second-order valence-electron chi connectivity index (χ2n) is 9.37. The van der Waals surface area contributed by atoms with Gasteiger partial charge < -0.3 is 4.74 Å². The number of hydrogen-bond donors (Lipinski definition) is 0. The van der Waals surface area contributed by atoms with Crippen molar-refractivity contribution in [2.75, 3.05) is 6.26 Å². The highest BCUT2D eigenvalue weighted by Gasteiger charge is 2.31. The molecular weight excluding hydrogens is 581 g/mol. The van der Waals surface area contributed by atoms with E-state index in [4.69, 9.17) is 0 Å². The van der Waals surface area contributed by atoms with Crippen molar-refractivity contribution in [1.29, 1.82) is 0 Å². The lowest BCUT2D eigenvalue weighted by atomic mass is 10.0. The molecule has 0 spiro atoms. The third-order valence-electron chi connectivity index (χ3n) is 6.49. The number of hydrogen-bond acceptors (Lipinski definition) is 6. The van der Waals surface area contributed by atoms with Crippen molar-refractivity contribution in [1.82, 2.24) is 24.5 Å². The summed E-state index contributed by atoms with van der Waals surface area (Å²) in [6, 6.07) is 16.5. The van der Waals surface area contributed by atoms with Crippen molar-refractivity contribution in [3.8, 4) is 39.5 Å². The summed E-state index contributed by atoms with van der Waals surface area (Å²) in [6.07, 6.45) is -5.17. The van der Waals surface area contributed by atoms with E-state index >= 15 is 0 Å². The van der Waals surface area contributed by atoms with E-state index in [2.05, 4.69) is 20.0 Å². The average molecular weight is 604 g/mol. The molecule has 0 atom stereocenters. The summed E-state index contributed by atoms with van der Waals surface area (Å²) < 4.78 is 96.7. The van der Waals surface area contributed by atoms with Crippen LogP contribution >= 0.6 is 0 Å². The molecule has 218 valence electrons. The Kier molecular flexibility index (Phi) is 7.35. The lowest BCUT2D eigenvalue weighted by molar-refractivity contribution is -0.274. The minimum atomic E-state index is -4.85. The van der Waals surface area contributed by atoms with Gasteiger partial charge in [0.25, 0.3) is 6.43 Å². The third-order valence-corrected chi connectivity index (χ3v) is 7.60. The number of alkyl halides is 5. The van der Waals surface area contributed by atoms with E-state index < -0.39 is 28.4 Å². The van der Waals surface area contributed by atoms with Gasteiger partial charge in [-0.15, -0.1) is 18.3 Å². The number of nitrogens with zero attached hydrogens (tertiary/aromatic N) is 5. The van der Waals surface area contributed by atoms with Gasteiger partial charge in [0.15, 0.2) is 9.84 Å². The van der Waals surface area contributed by atoms with E-state index in [9.17, 15) is 30.4 Å². The summed E-state index contributed by atoms with van der Waals surface area (Å²) in [5.41, 5.74) is 2.56. The molecule has 0 fully saturated rings. The van der Waals surface area contributed by atoms with Crippen LogP contribution in [-0.4, -0.2) is 45.6 Å². The van der Waals surface area contributed by atoms with Crippen LogP contribution in [0.15, 0.2) is 77.8 Å². The molecule has 0 amide bonds. The Morgan fingerprint density at radius 2 is 1.55 bits per heavy atom. The summed E-state index contributed by atoms with van der Waals surface area (Å²) in [7, 11) is -3.50. The van der Waals surface area contributed by atoms with Crippen LogP contribution in [0, 0.1) is 13.8 Å². The second kappa shape index (κ2) is 10.7. The maximum absolute atomic E-state index is 13.7. The van der Waals surface area contributed by atoms with Crippen LogP contribution in [0.3, 0.4) is 0 Å². The first-order chi connectivity index (χ1) is 19.7. The van der Waals surface area contributed by atoms with Gasteiger partial charge >= 0.3 is 6.36 Å². The van der Waals surface area contributed by atoms with Gasteiger partial charge in [0, 0.05) is 17.5 Å². The topological polar surface area (TPSA) is 91.9 Å². The molecule has 0 saturated carbocycles. The average Bonchev–Trinajstić information content (AvgIpc) is 3.52. The summed E-state index contributed by atoms with van der Waals surface area (Å²) in [6.45, 7) is 3.09. The van der Waals surface area contributed by atoms with E-state index in [0.29, 0.717) is 33.8 Å². The van der Waals surface area contributed by atoms with Gasteiger partial charge in [-0.25, -0.2) is 26.9 Å². The van der Waals surface area contributed by atoms with Crippen LogP contribution in [0.4, 0.5) is 22.0 Å². The highest BCUT2D eigenvalue weighted by atomic mass is 32.2. The Balaban J connectivity index is 1.71. The minimum absolute atomic E-state index is 0.108. The molecule has 42 heavy (non-hydrogen) atoms. The molecule has 0 aliphatic rings. The number of imidazole rings is 1. The number of ether oxygens (including phenoxy) is 1. The molecule has 0 unspecified atom stereocenters. The molecule has 14 heteroatoms. The summed E-state index contributed by atoms with van der Waals surface area (Å²) >= 11 is 0. The van der Waals surface area contributed by atoms with Crippen LogP contribution in [-0.2, 0) is 9.84 Å². The van der Waals surface area contributed by atoms with Gasteiger partial charge in [-0.3, -0.25) is 4.57 Å². The van der Waals surface area contributed by atoms with Gasteiger partial charge in [0.1, 0.15) is 17.3 Å². The Labute approximate surface area is 236 Å². The van der Waals surface area contributed by atoms with Crippen LogP contribution in [0.5, 0.6) is 5.75 Å². The molecule has 5 rings (SSSR count). The Morgan fingerprint density at radius 3 is 2.17 bits per heavy atom. The predicted molar refractivity (Wildman–Crippen MR) is 144 cm³/mol. The van der Waals surface area contributed by atoms with Gasteiger partial charge in [-0.2, -0.15) is 0 Å². The molecule has 0 aliphatic carbocycles. The fourth-order valence-electron chi connectivity index (χ4n) is 4.63. The quantitative estimate of drug-likeness (QED) is 0.194. The minimum Gasteiger partial charge on any atom is -0.406 e. The molecule has 2 aromatic heterocycles. The molecule has 2 heterocycles. The molecule has 0 radical (unpaired) electrons. The first kappa shape index (κ1) is 28.9. The fraction of sp³-hybridized carbons (Fsp3) is 0.179. The molecule has 0 N–H and O–H groups in total. The van der Waals surface area contributed by atoms with Crippen molar-refractivity contribution >= 4 is 9.84 Å². The number of rotatable bonds is 7. The summed E-state index contributed by atoms with van der Waals surface area (Å²) in [5.74, 6) is -0.130. The lowest BCUT2D eigenvalue weighted by Crippen LogP contribution is -2.17. The SMILES string of the molecule is Cc1nc(C(F)F)c(C)n1-c1ccc(-c2cccc(S(C)(=O)=O)c2)cc1-n1nncc1-c1ccc(OC(F)(F)F)cc1. The standard InChI is InChI=1S/C28H22F5N5O3S/c1-16-26(27(29)30)35-17(2)37(16)23-12-9-20(19-5-4-6-22(13-19)42(3,39)40)14-24(23)38-25(15-34-36-38)18-7-10-21(11-8-18)41-28(31,32)33/h4-15,27H,1-3H3. The Morgan fingerprint density at radius 1 is 0.881 bits per heavy atom. The molecule has 0 bridgehead atoms. The normalized spacial score (nSPS) is 12.2. The highest BCUT2D eigenvalue weighted by molar-refractivity contribution is 7.90. The predicted octanol–water partition coefficient (Wildman–Crippen LogP) is 6.64. The third kappa shape index (κ3) is 5.75. The number of sulfone groups is 1. The van der Waals surface area contributed by atoms with E-state index in [0.717, 1.165) is 18.4 Å². The number of aromatic nitrogens is 5. The van der Waals surface area contributed by atoms with Crippen molar-refractivity contribution in [2.24, 2.45) is 0 Å². The zero-order valence-corrected chi connectivity index (χ0v) is 23.1. The number of benzene rings is 3. The van der Waals surface area contributed by atoms with Crippen LogP contribution in [0.2, 0.25) is 0 Å². The second-order valence-corrected chi connectivity index (χ2v) is 11.4. The Hall–Kier alpha value is -4.59. The zero-order chi connectivity index (χ0) is 30.4. The fourth-order valence-corrected chi connectivity index (χ4v) is 5.30. The van der Waals surface area contributed by atoms with Crippen molar-refractivity contribution in [2.45, 2.75) is 31.5 Å². The number of halogens is 5. The molecule has 0 aliphatic heterocycles. The van der Waals surface area contributed by atoms with Gasteiger partial charge in [0.05, 0.1) is 28.2 Å². The maximum atomic E-state index is 13.7. The van der Waals surface area contributed by atoms with E-state index in [1.807, 2.05) is 0 Å². The largest absolute Gasteiger partial charge is 0.573 e. The van der Waals surface area contributed by atoms with Crippen molar-refractivity contribution in [3.63, 3.8) is 0 Å². The molecule has 8 nitrogen and oxygen atoms in total. The van der Waals surface area contributed by atoms with Gasteiger partial charge in [-0.05, 0) is 73.5 Å². The first-order valence-electron chi connectivity index (χ1n) is 12.3. The molecule has 5 aromatic rings. The summed E-state index contributed by atoms with van der Waals surface area (Å²) in [5, 5.41) is 8.20. The maximum Gasteiger partial charge on any atom is 0.573 e. The van der Waals surface area contributed by atoms with Crippen LogP contribution < -0.4 is 4.74 Å². The van der Waals surface area contributed by atoms with Crippen molar-refractivity contribution in [3.05, 3.63) is 90.1 Å². The molecule has 3 aromatic carbocycles. The molecular formula is C28H22F5N5O3S. The first-order valence-corrected chi connectivity index (χ1v) is 14.2. The van der Waals surface area contributed by atoms with Crippen LogP contribution in [0.25, 0.3) is 33.8 Å². The molecule has 0 saturated heterocycles. The van der Waals surface area contributed by atoms with E-state index in [1.54, 1.807) is 41.8 Å². The van der Waals surface area contributed by atoms with Crippen molar-refractivity contribution < 1.29 is 35.1 Å². The smallest absolute Gasteiger partial charge is 0.406 e. The van der Waals surface area contributed by atoms with E-state index in [-0.39, 0.29) is 22.1 Å². The monoisotopic (exact) mass is 603 g/mol. The van der Waals surface area contributed by atoms with Crippen LogP contribution in [0.1, 0.15) is 23.6 Å². The Bertz CT molecular complexity index is 1880. The summed E-state index contributed by atoms with van der Waals surface area (Å²) in [4.78, 5) is 4.15.